The van der Waals surface area contributed by atoms with E-state index in [-0.39, 0.29) is 11.8 Å². The largest absolute Gasteiger partial charge is 0.494 e. The fourth-order valence-electron chi connectivity index (χ4n) is 2.52. The predicted octanol–water partition coefficient (Wildman–Crippen LogP) is 2.89. The molecule has 3 N–H and O–H groups in total. The number of rotatable bonds is 9. The minimum Gasteiger partial charge on any atom is -0.494 e. The molecule has 7 nitrogen and oxygen atoms in total. The van der Waals surface area contributed by atoms with Gasteiger partial charge in [-0.05, 0) is 32.1 Å². The summed E-state index contributed by atoms with van der Waals surface area (Å²) in [4.78, 5) is 24.5. The van der Waals surface area contributed by atoms with Gasteiger partial charge in [-0.3, -0.25) is 9.59 Å². The van der Waals surface area contributed by atoms with Crippen molar-refractivity contribution in [1.82, 2.24) is 5.32 Å². The first-order valence-corrected chi connectivity index (χ1v) is 8.66. The molecule has 2 amide bonds. The molecule has 2 aromatic rings. The van der Waals surface area contributed by atoms with Crippen molar-refractivity contribution >= 4 is 23.2 Å². The van der Waals surface area contributed by atoms with Gasteiger partial charge in [0.15, 0.2) is 0 Å². The van der Waals surface area contributed by atoms with Crippen LogP contribution >= 0.6 is 0 Å². The Labute approximate surface area is 159 Å². The van der Waals surface area contributed by atoms with Crippen molar-refractivity contribution in [3.63, 3.8) is 0 Å². The van der Waals surface area contributed by atoms with Crippen molar-refractivity contribution in [3.8, 4) is 11.5 Å². The highest BCUT2D eigenvalue weighted by molar-refractivity contribution is 6.05. The lowest BCUT2D eigenvalue weighted by molar-refractivity contribution is -0.116. The van der Waals surface area contributed by atoms with Crippen molar-refractivity contribution in [1.29, 1.82) is 0 Å². The Kier molecular flexibility index (Phi) is 7.63. The van der Waals surface area contributed by atoms with E-state index in [1.54, 1.807) is 36.4 Å². The number of benzene rings is 2. The van der Waals surface area contributed by atoms with Gasteiger partial charge in [0.05, 0.1) is 25.6 Å². The molecule has 144 valence electrons. The molecule has 0 unspecified atom stereocenters. The number of carbonyl (C=O) groups excluding carboxylic acids is 2. The lowest BCUT2D eigenvalue weighted by atomic mass is 10.2. The summed E-state index contributed by atoms with van der Waals surface area (Å²) in [7, 11) is 4.84. The third kappa shape index (κ3) is 5.72. The number of anilines is 2. The molecule has 0 bridgehead atoms. The molecule has 0 radical (unpaired) electrons. The quantitative estimate of drug-likeness (QED) is 0.590. The minimum absolute atomic E-state index is 0.119. The van der Waals surface area contributed by atoms with Crippen molar-refractivity contribution in [2.45, 2.75) is 12.8 Å². The highest BCUT2D eigenvalue weighted by atomic mass is 16.5. The number of hydrogen-bond donors (Lipinski definition) is 3. The van der Waals surface area contributed by atoms with E-state index in [0.29, 0.717) is 34.9 Å². The SMILES string of the molecule is CNCCCC(=O)Nc1cc(OC)c(NC(=O)c2ccccc2)cc1OC. The van der Waals surface area contributed by atoms with Gasteiger partial charge in [-0.1, -0.05) is 18.2 Å². The number of ether oxygens (including phenoxy) is 2. The van der Waals surface area contributed by atoms with Crippen LogP contribution in [0.2, 0.25) is 0 Å². The summed E-state index contributed by atoms with van der Waals surface area (Å²) in [5.41, 5.74) is 1.47. The summed E-state index contributed by atoms with van der Waals surface area (Å²) >= 11 is 0. The average molecular weight is 371 g/mol. The van der Waals surface area contributed by atoms with Crippen LogP contribution in [0.25, 0.3) is 0 Å². The topological polar surface area (TPSA) is 88.7 Å². The van der Waals surface area contributed by atoms with Crippen LogP contribution in [-0.2, 0) is 4.79 Å². The molecule has 0 aliphatic heterocycles. The molecule has 0 aliphatic rings. The highest BCUT2D eigenvalue weighted by Gasteiger charge is 2.16. The monoisotopic (exact) mass is 371 g/mol. The second-order valence-electron chi connectivity index (χ2n) is 5.83. The summed E-state index contributed by atoms with van der Waals surface area (Å²) in [5.74, 6) is 0.471. The van der Waals surface area contributed by atoms with Crippen LogP contribution in [0.3, 0.4) is 0 Å². The zero-order chi connectivity index (χ0) is 19.6. The molecule has 0 spiro atoms. The first-order chi connectivity index (χ1) is 13.1. The number of hydrogen-bond acceptors (Lipinski definition) is 5. The Hall–Kier alpha value is -3.06. The molecular weight excluding hydrogens is 346 g/mol. The Morgan fingerprint density at radius 2 is 1.52 bits per heavy atom. The Morgan fingerprint density at radius 1 is 0.926 bits per heavy atom. The third-order valence-electron chi connectivity index (χ3n) is 3.91. The molecular formula is C20H25N3O4. The standard InChI is InChI=1S/C20H25N3O4/c1-21-11-7-10-19(24)22-15-12-18(27-3)16(13-17(15)26-2)23-20(25)14-8-5-4-6-9-14/h4-6,8-9,12-13,21H,7,10-11H2,1-3H3,(H,22,24)(H,23,25). The van der Waals surface area contributed by atoms with Gasteiger partial charge < -0.3 is 25.4 Å². The third-order valence-corrected chi connectivity index (χ3v) is 3.91. The summed E-state index contributed by atoms with van der Waals surface area (Å²) in [6, 6.07) is 12.1. The minimum atomic E-state index is -0.264. The number of carbonyl (C=O) groups is 2. The van der Waals surface area contributed by atoms with Gasteiger partial charge in [-0.2, -0.15) is 0 Å². The molecule has 0 aliphatic carbocycles. The predicted molar refractivity (Wildman–Crippen MR) is 106 cm³/mol. The average Bonchev–Trinajstić information content (AvgIpc) is 2.69. The smallest absolute Gasteiger partial charge is 0.255 e. The molecule has 0 saturated heterocycles. The maximum Gasteiger partial charge on any atom is 0.255 e. The molecule has 0 atom stereocenters. The second kappa shape index (κ2) is 10.2. The van der Waals surface area contributed by atoms with E-state index >= 15 is 0 Å². The maximum absolute atomic E-state index is 12.4. The first kappa shape index (κ1) is 20.3. The molecule has 0 fully saturated rings. The fourth-order valence-corrected chi connectivity index (χ4v) is 2.52. The van der Waals surface area contributed by atoms with Crippen molar-refractivity contribution in [3.05, 3.63) is 48.0 Å². The van der Waals surface area contributed by atoms with Crippen LogP contribution < -0.4 is 25.4 Å². The van der Waals surface area contributed by atoms with Crippen LogP contribution in [0.5, 0.6) is 11.5 Å². The van der Waals surface area contributed by atoms with E-state index in [9.17, 15) is 9.59 Å². The van der Waals surface area contributed by atoms with E-state index in [0.717, 1.165) is 13.0 Å². The molecule has 2 aromatic carbocycles. The molecule has 27 heavy (non-hydrogen) atoms. The summed E-state index contributed by atoms with van der Waals surface area (Å²) < 4.78 is 10.7. The molecule has 7 heteroatoms. The van der Waals surface area contributed by atoms with Crippen LogP contribution in [0.4, 0.5) is 11.4 Å². The van der Waals surface area contributed by atoms with E-state index in [4.69, 9.17) is 9.47 Å². The van der Waals surface area contributed by atoms with Crippen molar-refractivity contribution < 1.29 is 19.1 Å². The van der Waals surface area contributed by atoms with E-state index in [2.05, 4.69) is 16.0 Å². The van der Waals surface area contributed by atoms with Crippen LogP contribution in [0, 0.1) is 0 Å². The lowest BCUT2D eigenvalue weighted by Crippen LogP contribution is -2.16. The summed E-state index contributed by atoms with van der Waals surface area (Å²) in [5, 5.41) is 8.63. The van der Waals surface area contributed by atoms with Gasteiger partial charge >= 0.3 is 0 Å². The zero-order valence-corrected chi connectivity index (χ0v) is 15.8. The van der Waals surface area contributed by atoms with E-state index in [1.807, 2.05) is 13.1 Å². The molecule has 0 saturated carbocycles. The Balaban J connectivity index is 2.19. The number of nitrogens with one attached hydrogen (secondary N) is 3. The van der Waals surface area contributed by atoms with Gasteiger partial charge in [0.1, 0.15) is 11.5 Å². The molecule has 0 heterocycles. The normalized spacial score (nSPS) is 10.2. The first-order valence-electron chi connectivity index (χ1n) is 8.66. The highest BCUT2D eigenvalue weighted by Crippen LogP contribution is 2.36. The zero-order valence-electron chi connectivity index (χ0n) is 15.8. The van der Waals surface area contributed by atoms with Gasteiger partial charge in [-0.25, -0.2) is 0 Å². The number of amides is 2. The van der Waals surface area contributed by atoms with Crippen molar-refractivity contribution in [2.75, 3.05) is 38.4 Å². The summed E-state index contributed by atoms with van der Waals surface area (Å²) in [6.45, 7) is 0.762. The van der Waals surface area contributed by atoms with Crippen LogP contribution in [0.1, 0.15) is 23.2 Å². The van der Waals surface area contributed by atoms with Gasteiger partial charge in [-0.15, -0.1) is 0 Å². The Morgan fingerprint density at radius 3 is 2.07 bits per heavy atom. The Bertz CT molecular complexity index is 778. The van der Waals surface area contributed by atoms with Crippen molar-refractivity contribution in [2.24, 2.45) is 0 Å². The van der Waals surface area contributed by atoms with Crippen LogP contribution in [0.15, 0.2) is 42.5 Å². The van der Waals surface area contributed by atoms with E-state index < -0.39 is 0 Å². The van der Waals surface area contributed by atoms with Gasteiger partial charge in [0.2, 0.25) is 5.91 Å². The van der Waals surface area contributed by atoms with Crippen LogP contribution in [-0.4, -0.2) is 39.6 Å². The second-order valence-corrected chi connectivity index (χ2v) is 5.83. The van der Waals surface area contributed by atoms with E-state index in [1.165, 1.54) is 14.2 Å². The number of methoxy groups -OCH3 is 2. The fraction of sp³-hybridized carbons (Fsp3) is 0.300. The maximum atomic E-state index is 12.4. The van der Waals surface area contributed by atoms with Gasteiger partial charge in [0, 0.05) is 24.1 Å². The molecule has 2 rings (SSSR count). The summed E-state index contributed by atoms with van der Waals surface area (Å²) in [6.07, 6.45) is 1.12. The lowest BCUT2D eigenvalue weighted by Gasteiger charge is -2.16. The molecule has 0 aromatic heterocycles. The van der Waals surface area contributed by atoms with Gasteiger partial charge in [0.25, 0.3) is 5.91 Å².